The zero-order valence-electron chi connectivity index (χ0n) is 11.1. The maximum atomic E-state index is 11.0. The van der Waals surface area contributed by atoms with Gasteiger partial charge >= 0.3 is 0 Å². The van der Waals surface area contributed by atoms with Crippen LogP contribution < -0.4 is 5.32 Å². The molecule has 4 nitrogen and oxygen atoms in total. The van der Waals surface area contributed by atoms with E-state index in [1.54, 1.807) is 0 Å². The van der Waals surface area contributed by atoms with Gasteiger partial charge in [0, 0.05) is 18.8 Å². The molecular formula is C12H26N2O2S. The molecule has 5 heteroatoms. The topological polar surface area (TPSA) is 49.4 Å². The predicted octanol–water partition coefficient (Wildman–Crippen LogP) is 0.885. The molecule has 1 saturated heterocycles. The van der Waals surface area contributed by atoms with Crippen molar-refractivity contribution in [2.45, 2.75) is 38.1 Å². The first-order valence-corrected chi connectivity index (χ1v) is 8.63. The highest BCUT2D eigenvalue weighted by Gasteiger charge is 2.12. The van der Waals surface area contributed by atoms with Gasteiger partial charge in [0.15, 0.2) is 0 Å². The van der Waals surface area contributed by atoms with Gasteiger partial charge < -0.3 is 10.2 Å². The minimum atomic E-state index is -2.82. The first-order valence-electron chi connectivity index (χ1n) is 6.57. The van der Waals surface area contributed by atoms with E-state index < -0.39 is 9.84 Å². The fourth-order valence-electron chi connectivity index (χ4n) is 2.21. The van der Waals surface area contributed by atoms with E-state index in [4.69, 9.17) is 0 Å². The number of sulfone groups is 1. The van der Waals surface area contributed by atoms with Crippen LogP contribution in [0.5, 0.6) is 0 Å². The Morgan fingerprint density at radius 2 is 2.06 bits per heavy atom. The molecule has 0 aliphatic carbocycles. The molecule has 1 aliphatic heterocycles. The summed E-state index contributed by atoms with van der Waals surface area (Å²) in [5.74, 6) is 0.269. The second-order valence-electron chi connectivity index (χ2n) is 5.22. The van der Waals surface area contributed by atoms with E-state index in [2.05, 4.69) is 10.2 Å². The molecule has 0 bridgehead atoms. The normalized spacial score (nSPS) is 21.9. The first kappa shape index (κ1) is 14.9. The summed E-state index contributed by atoms with van der Waals surface area (Å²) in [6, 6.07) is 0.687. The van der Waals surface area contributed by atoms with Crippen molar-refractivity contribution in [3.05, 3.63) is 0 Å². The van der Waals surface area contributed by atoms with Crippen molar-refractivity contribution in [3.8, 4) is 0 Å². The summed E-state index contributed by atoms with van der Waals surface area (Å²) in [6.45, 7) is 2.80. The molecule has 0 aromatic rings. The molecule has 1 atom stereocenters. The van der Waals surface area contributed by atoms with Crippen LogP contribution in [-0.4, -0.2) is 58.1 Å². The minimum absolute atomic E-state index is 0.269. The molecule has 17 heavy (non-hydrogen) atoms. The van der Waals surface area contributed by atoms with Gasteiger partial charge in [-0.05, 0) is 45.8 Å². The third-order valence-corrected chi connectivity index (χ3v) is 4.27. The largest absolute Gasteiger partial charge is 0.314 e. The smallest absolute Gasteiger partial charge is 0.148 e. The Morgan fingerprint density at radius 1 is 1.29 bits per heavy atom. The molecule has 0 radical (unpaired) electrons. The van der Waals surface area contributed by atoms with Gasteiger partial charge in [0.1, 0.15) is 9.84 Å². The minimum Gasteiger partial charge on any atom is -0.314 e. The Bertz CT molecular complexity index is 298. The number of nitrogens with one attached hydrogen (secondary N) is 1. The van der Waals surface area contributed by atoms with Crippen molar-refractivity contribution in [2.75, 3.05) is 38.7 Å². The summed E-state index contributed by atoms with van der Waals surface area (Å²) in [6.07, 6.45) is 7.62. The van der Waals surface area contributed by atoms with Crippen LogP contribution in [0.2, 0.25) is 0 Å². The Labute approximate surface area is 106 Å². The molecule has 0 amide bonds. The summed E-state index contributed by atoms with van der Waals surface area (Å²) in [4.78, 5) is 2.11. The third-order valence-electron chi connectivity index (χ3n) is 3.35. The first-order chi connectivity index (χ1) is 7.97. The molecule has 1 heterocycles. The summed E-state index contributed by atoms with van der Waals surface area (Å²) in [5.41, 5.74) is 0. The maximum Gasteiger partial charge on any atom is 0.148 e. The Hall–Kier alpha value is -0.130. The van der Waals surface area contributed by atoms with Crippen LogP contribution in [0, 0.1) is 0 Å². The zero-order chi connectivity index (χ0) is 12.7. The second-order valence-corrected chi connectivity index (χ2v) is 7.48. The standard InChI is InChI=1S/C12H26N2O2S/c1-14(10-11-17(2,15)16)9-5-7-12-6-3-4-8-13-12/h12-13H,3-11H2,1-2H3. The van der Waals surface area contributed by atoms with Gasteiger partial charge in [-0.25, -0.2) is 8.42 Å². The van der Waals surface area contributed by atoms with Gasteiger partial charge in [0.25, 0.3) is 0 Å². The fourth-order valence-corrected chi connectivity index (χ4v) is 2.85. The lowest BCUT2D eigenvalue weighted by Crippen LogP contribution is -2.35. The average molecular weight is 262 g/mol. The molecule has 0 spiro atoms. The van der Waals surface area contributed by atoms with Gasteiger partial charge in [0.05, 0.1) is 5.75 Å². The number of hydrogen-bond acceptors (Lipinski definition) is 4. The van der Waals surface area contributed by atoms with Crippen LogP contribution in [0.4, 0.5) is 0 Å². The summed E-state index contributed by atoms with van der Waals surface area (Å²) >= 11 is 0. The SMILES string of the molecule is CN(CCCC1CCCCN1)CCS(C)(=O)=O. The molecule has 0 saturated carbocycles. The number of nitrogens with zero attached hydrogens (tertiary/aromatic N) is 1. The fraction of sp³-hybridized carbons (Fsp3) is 1.00. The summed E-state index contributed by atoms with van der Waals surface area (Å²) in [7, 11) is -0.819. The van der Waals surface area contributed by atoms with Gasteiger partial charge in [-0.3, -0.25) is 0 Å². The van der Waals surface area contributed by atoms with Crippen LogP contribution in [0.3, 0.4) is 0 Å². The Balaban J connectivity index is 2.05. The number of rotatable bonds is 7. The van der Waals surface area contributed by atoms with Crippen LogP contribution in [0.25, 0.3) is 0 Å². The van der Waals surface area contributed by atoms with E-state index in [0.717, 1.165) is 19.5 Å². The van der Waals surface area contributed by atoms with E-state index in [1.165, 1.54) is 31.9 Å². The molecule has 1 unspecified atom stereocenters. The van der Waals surface area contributed by atoms with Crippen molar-refractivity contribution in [1.82, 2.24) is 10.2 Å². The van der Waals surface area contributed by atoms with Gasteiger partial charge in [-0.1, -0.05) is 6.42 Å². The van der Waals surface area contributed by atoms with Gasteiger partial charge in [-0.15, -0.1) is 0 Å². The lowest BCUT2D eigenvalue weighted by atomic mass is 10.0. The molecule has 1 fully saturated rings. The third kappa shape index (κ3) is 7.73. The summed E-state index contributed by atoms with van der Waals surface area (Å²) in [5, 5.41) is 3.53. The van der Waals surface area contributed by atoms with Crippen LogP contribution in [0.15, 0.2) is 0 Å². The number of piperidine rings is 1. The van der Waals surface area contributed by atoms with E-state index in [0.29, 0.717) is 12.6 Å². The van der Waals surface area contributed by atoms with Crippen molar-refractivity contribution < 1.29 is 8.42 Å². The monoisotopic (exact) mass is 262 g/mol. The van der Waals surface area contributed by atoms with Crippen molar-refractivity contribution in [2.24, 2.45) is 0 Å². The van der Waals surface area contributed by atoms with E-state index in [9.17, 15) is 8.42 Å². The lowest BCUT2D eigenvalue weighted by molar-refractivity contribution is 0.314. The van der Waals surface area contributed by atoms with E-state index in [-0.39, 0.29) is 5.75 Å². The van der Waals surface area contributed by atoms with Crippen LogP contribution >= 0.6 is 0 Å². The summed E-state index contributed by atoms with van der Waals surface area (Å²) < 4.78 is 22.0. The molecule has 1 N–H and O–H groups in total. The van der Waals surface area contributed by atoms with Gasteiger partial charge in [0.2, 0.25) is 0 Å². The molecule has 0 aromatic carbocycles. The quantitative estimate of drug-likeness (QED) is 0.740. The van der Waals surface area contributed by atoms with Crippen molar-refractivity contribution in [3.63, 3.8) is 0 Å². The molecule has 1 aliphatic rings. The van der Waals surface area contributed by atoms with Crippen LogP contribution in [-0.2, 0) is 9.84 Å². The van der Waals surface area contributed by atoms with Crippen molar-refractivity contribution >= 4 is 9.84 Å². The molecule has 1 rings (SSSR count). The lowest BCUT2D eigenvalue weighted by Gasteiger charge is -2.24. The predicted molar refractivity (Wildman–Crippen MR) is 72.1 cm³/mol. The van der Waals surface area contributed by atoms with Crippen LogP contribution in [0.1, 0.15) is 32.1 Å². The highest BCUT2D eigenvalue weighted by atomic mass is 32.2. The zero-order valence-corrected chi connectivity index (χ0v) is 11.9. The molecule has 102 valence electrons. The maximum absolute atomic E-state index is 11.0. The van der Waals surface area contributed by atoms with Crippen molar-refractivity contribution in [1.29, 1.82) is 0 Å². The average Bonchev–Trinajstić information content (AvgIpc) is 2.27. The van der Waals surface area contributed by atoms with Gasteiger partial charge in [-0.2, -0.15) is 0 Å². The Morgan fingerprint density at radius 3 is 2.65 bits per heavy atom. The second kappa shape index (κ2) is 7.34. The number of hydrogen-bond donors (Lipinski definition) is 1. The highest BCUT2D eigenvalue weighted by Crippen LogP contribution is 2.11. The Kier molecular flexibility index (Phi) is 6.44. The highest BCUT2D eigenvalue weighted by molar-refractivity contribution is 7.90. The molecular weight excluding hydrogens is 236 g/mol. The van der Waals surface area contributed by atoms with E-state index in [1.807, 2.05) is 7.05 Å². The molecule has 0 aromatic heterocycles. The van der Waals surface area contributed by atoms with E-state index >= 15 is 0 Å².